The van der Waals surface area contributed by atoms with Crippen LogP contribution in [0.5, 0.6) is 0 Å². The van der Waals surface area contributed by atoms with Gasteiger partial charge in [-0.2, -0.15) is 0 Å². The summed E-state index contributed by atoms with van der Waals surface area (Å²) < 4.78 is 0. The molecule has 7 heteroatoms. The number of rotatable bonds is 4. The van der Waals surface area contributed by atoms with Crippen molar-refractivity contribution in [3.8, 4) is 10.4 Å². The number of piperazine rings is 1. The molecule has 3 aromatic rings. The van der Waals surface area contributed by atoms with Crippen LogP contribution in [-0.2, 0) is 0 Å². The van der Waals surface area contributed by atoms with Gasteiger partial charge in [-0.1, -0.05) is 11.3 Å². The number of hydrogen-bond acceptors (Lipinski definition) is 7. The van der Waals surface area contributed by atoms with E-state index in [1.165, 1.54) is 5.69 Å². The number of aromatic nitrogens is 3. The largest absolute Gasteiger partial charge is 0.369 e. The van der Waals surface area contributed by atoms with Crippen LogP contribution in [-0.4, -0.2) is 53.1 Å². The van der Waals surface area contributed by atoms with Gasteiger partial charge in [0.05, 0.1) is 4.88 Å². The first-order valence-corrected chi connectivity index (χ1v) is 9.12. The standard InChI is InChI=1S/C18H20N6S/c1-23-8-10-24(11-9-23)15-4-7-20-17(12-15)22-18-21-13-16(25-18)14-2-5-19-6-3-14/h2-7,12-13H,8-11H2,1H3,(H,20,21,22). The molecular formula is C18H20N6S. The molecule has 0 spiro atoms. The summed E-state index contributed by atoms with van der Waals surface area (Å²) in [5.41, 5.74) is 2.33. The van der Waals surface area contributed by atoms with Crippen molar-refractivity contribution in [1.82, 2.24) is 19.9 Å². The van der Waals surface area contributed by atoms with Crippen LogP contribution in [0.25, 0.3) is 10.4 Å². The molecular weight excluding hydrogens is 332 g/mol. The topological polar surface area (TPSA) is 57.2 Å². The third kappa shape index (κ3) is 3.78. The summed E-state index contributed by atoms with van der Waals surface area (Å²) in [6, 6.07) is 8.15. The van der Waals surface area contributed by atoms with Crippen LogP contribution < -0.4 is 10.2 Å². The average Bonchev–Trinajstić information content (AvgIpc) is 3.12. The van der Waals surface area contributed by atoms with Gasteiger partial charge in [0.2, 0.25) is 0 Å². The second-order valence-electron chi connectivity index (χ2n) is 6.08. The zero-order chi connectivity index (χ0) is 17.1. The van der Waals surface area contributed by atoms with Crippen molar-refractivity contribution in [2.75, 3.05) is 43.4 Å². The monoisotopic (exact) mass is 352 g/mol. The summed E-state index contributed by atoms with van der Waals surface area (Å²) in [6.45, 7) is 4.27. The van der Waals surface area contributed by atoms with Crippen molar-refractivity contribution < 1.29 is 0 Å². The molecule has 1 fully saturated rings. The van der Waals surface area contributed by atoms with E-state index in [-0.39, 0.29) is 0 Å². The highest BCUT2D eigenvalue weighted by Gasteiger charge is 2.15. The number of hydrogen-bond donors (Lipinski definition) is 1. The fourth-order valence-electron chi connectivity index (χ4n) is 2.84. The maximum Gasteiger partial charge on any atom is 0.188 e. The van der Waals surface area contributed by atoms with Crippen molar-refractivity contribution >= 4 is 28.0 Å². The van der Waals surface area contributed by atoms with Crippen molar-refractivity contribution in [2.45, 2.75) is 0 Å². The summed E-state index contributed by atoms with van der Waals surface area (Å²) in [5.74, 6) is 0.826. The zero-order valence-electron chi connectivity index (χ0n) is 14.1. The van der Waals surface area contributed by atoms with Gasteiger partial charge < -0.3 is 15.1 Å². The highest BCUT2D eigenvalue weighted by molar-refractivity contribution is 7.18. The Labute approximate surface area is 151 Å². The lowest BCUT2D eigenvalue weighted by Crippen LogP contribution is -2.44. The van der Waals surface area contributed by atoms with Gasteiger partial charge in [0.15, 0.2) is 5.13 Å². The van der Waals surface area contributed by atoms with Crippen LogP contribution in [0.1, 0.15) is 0 Å². The molecule has 6 nitrogen and oxygen atoms in total. The molecule has 0 amide bonds. The lowest BCUT2D eigenvalue weighted by Gasteiger charge is -2.34. The van der Waals surface area contributed by atoms with E-state index in [9.17, 15) is 0 Å². The van der Waals surface area contributed by atoms with E-state index in [0.717, 1.165) is 47.6 Å². The van der Waals surface area contributed by atoms with Crippen LogP contribution in [0.2, 0.25) is 0 Å². The van der Waals surface area contributed by atoms with E-state index in [1.54, 1.807) is 23.7 Å². The fraction of sp³-hybridized carbons (Fsp3) is 0.278. The molecule has 4 heterocycles. The molecule has 0 unspecified atom stereocenters. The third-order valence-corrected chi connectivity index (χ3v) is 5.28. The number of nitrogens with one attached hydrogen (secondary N) is 1. The normalized spacial score (nSPS) is 15.3. The van der Waals surface area contributed by atoms with Gasteiger partial charge >= 0.3 is 0 Å². The number of thiazole rings is 1. The SMILES string of the molecule is CN1CCN(c2ccnc(Nc3ncc(-c4ccncc4)s3)c2)CC1. The summed E-state index contributed by atoms with van der Waals surface area (Å²) in [4.78, 5) is 18.8. The van der Waals surface area contributed by atoms with Gasteiger partial charge in [-0.3, -0.25) is 4.98 Å². The van der Waals surface area contributed by atoms with Crippen molar-refractivity contribution in [3.05, 3.63) is 49.1 Å². The molecule has 4 rings (SSSR count). The Bertz CT molecular complexity index is 826. The molecule has 1 N–H and O–H groups in total. The third-order valence-electron chi connectivity index (χ3n) is 4.32. The Hall–Kier alpha value is -2.51. The number of pyridine rings is 2. The molecule has 1 aliphatic heterocycles. The molecule has 0 aromatic carbocycles. The Morgan fingerprint density at radius 2 is 1.80 bits per heavy atom. The highest BCUT2D eigenvalue weighted by Crippen LogP contribution is 2.30. The van der Waals surface area contributed by atoms with Crippen molar-refractivity contribution in [3.63, 3.8) is 0 Å². The number of likely N-dealkylation sites (N-methyl/N-ethyl adjacent to an activating group) is 1. The van der Waals surface area contributed by atoms with Crippen LogP contribution in [0.4, 0.5) is 16.6 Å². The Balaban J connectivity index is 1.48. The molecule has 25 heavy (non-hydrogen) atoms. The van der Waals surface area contributed by atoms with Crippen LogP contribution >= 0.6 is 11.3 Å². The van der Waals surface area contributed by atoms with Crippen molar-refractivity contribution in [1.29, 1.82) is 0 Å². The predicted octanol–water partition coefficient (Wildman–Crippen LogP) is 3.10. The first kappa shape index (κ1) is 16.0. The molecule has 0 aliphatic carbocycles. The highest BCUT2D eigenvalue weighted by atomic mass is 32.1. The first-order chi connectivity index (χ1) is 12.3. The molecule has 0 radical (unpaired) electrons. The molecule has 0 saturated carbocycles. The quantitative estimate of drug-likeness (QED) is 0.779. The predicted molar refractivity (Wildman–Crippen MR) is 103 cm³/mol. The molecule has 128 valence electrons. The summed E-state index contributed by atoms with van der Waals surface area (Å²) >= 11 is 1.61. The van der Waals surface area contributed by atoms with Gasteiger partial charge in [-0.25, -0.2) is 9.97 Å². The average molecular weight is 352 g/mol. The van der Waals surface area contributed by atoms with Crippen molar-refractivity contribution in [2.24, 2.45) is 0 Å². The Morgan fingerprint density at radius 3 is 2.60 bits per heavy atom. The van der Waals surface area contributed by atoms with Gasteiger partial charge in [-0.15, -0.1) is 0 Å². The maximum atomic E-state index is 4.47. The van der Waals surface area contributed by atoms with E-state index in [1.807, 2.05) is 24.5 Å². The summed E-state index contributed by atoms with van der Waals surface area (Å²) in [6.07, 6.45) is 7.33. The second kappa shape index (κ2) is 7.16. The zero-order valence-corrected chi connectivity index (χ0v) is 14.9. The van der Waals surface area contributed by atoms with Crippen LogP contribution in [0, 0.1) is 0 Å². The smallest absolute Gasteiger partial charge is 0.188 e. The molecule has 1 saturated heterocycles. The maximum absolute atomic E-state index is 4.47. The molecule has 0 bridgehead atoms. The van der Waals surface area contributed by atoms with Crippen LogP contribution in [0.3, 0.4) is 0 Å². The summed E-state index contributed by atoms with van der Waals surface area (Å²) in [5, 5.41) is 4.17. The minimum atomic E-state index is 0.826. The van der Waals surface area contributed by atoms with E-state index >= 15 is 0 Å². The fourth-order valence-corrected chi connectivity index (χ4v) is 3.67. The first-order valence-electron chi connectivity index (χ1n) is 8.31. The minimum absolute atomic E-state index is 0.826. The van der Waals surface area contributed by atoms with E-state index in [2.05, 4.69) is 49.2 Å². The lowest BCUT2D eigenvalue weighted by molar-refractivity contribution is 0.313. The second-order valence-corrected chi connectivity index (χ2v) is 7.11. The van der Waals surface area contributed by atoms with Crippen LogP contribution in [0.15, 0.2) is 49.1 Å². The Kier molecular flexibility index (Phi) is 4.58. The molecule has 0 atom stereocenters. The number of nitrogens with zero attached hydrogens (tertiary/aromatic N) is 5. The number of anilines is 3. The van der Waals surface area contributed by atoms with Gasteiger partial charge in [-0.05, 0) is 30.8 Å². The van der Waals surface area contributed by atoms with E-state index in [0.29, 0.717) is 0 Å². The van der Waals surface area contributed by atoms with E-state index < -0.39 is 0 Å². The van der Waals surface area contributed by atoms with Gasteiger partial charge in [0.25, 0.3) is 0 Å². The summed E-state index contributed by atoms with van der Waals surface area (Å²) in [7, 11) is 2.17. The minimum Gasteiger partial charge on any atom is -0.369 e. The Morgan fingerprint density at radius 1 is 1.00 bits per heavy atom. The van der Waals surface area contributed by atoms with Gasteiger partial charge in [0, 0.05) is 62.7 Å². The van der Waals surface area contributed by atoms with Gasteiger partial charge in [0.1, 0.15) is 5.82 Å². The molecule has 3 aromatic heterocycles. The van der Waals surface area contributed by atoms with E-state index in [4.69, 9.17) is 0 Å². The lowest BCUT2D eigenvalue weighted by atomic mass is 10.2. The molecule has 1 aliphatic rings.